The van der Waals surface area contributed by atoms with Crippen molar-refractivity contribution in [2.24, 2.45) is 0 Å². The van der Waals surface area contributed by atoms with Crippen LogP contribution in [0.1, 0.15) is 30.4 Å². The van der Waals surface area contributed by atoms with Crippen molar-refractivity contribution in [1.29, 1.82) is 0 Å². The molecule has 4 rings (SSSR count). The zero-order valence-electron chi connectivity index (χ0n) is 15.2. The number of ether oxygens (including phenoxy) is 3. The molecule has 0 bridgehead atoms. The van der Waals surface area contributed by atoms with Gasteiger partial charge in [0.2, 0.25) is 0 Å². The summed E-state index contributed by atoms with van der Waals surface area (Å²) < 4.78 is 16.8. The van der Waals surface area contributed by atoms with E-state index in [1.807, 2.05) is 6.08 Å². The molecule has 0 unspecified atom stereocenters. The van der Waals surface area contributed by atoms with Crippen LogP contribution in [0.3, 0.4) is 0 Å². The average molecular weight is 345 g/mol. The molecule has 0 radical (unpaired) electrons. The highest BCUT2D eigenvalue weighted by atomic mass is 16.5. The Balaban J connectivity index is 1.93. The Hall–Kier alpha value is -1.56. The molecular formula is C20H27NO4. The van der Waals surface area contributed by atoms with Gasteiger partial charge in [-0.25, -0.2) is 0 Å². The van der Waals surface area contributed by atoms with Crippen molar-refractivity contribution in [3.8, 4) is 11.5 Å². The second-order valence-corrected chi connectivity index (χ2v) is 7.23. The molecular weight excluding hydrogens is 318 g/mol. The number of benzene rings is 1. The summed E-state index contributed by atoms with van der Waals surface area (Å²) in [7, 11) is 5.06. The first-order valence-electron chi connectivity index (χ1n) is 9.06. The number of aryl methyl sites for hydroxylation is 1. The predicted octanol–water partition coefficient (Wildman–Crippen LogP) is 2.26. The molecule has 1 fully saturated rings. The van der Waals surface area contributed by atoms with Gasteiger partial charge in [0, 0.05) is 20.1 Å². The van der Waals surface area contributed by atoms with Gasteiger partial charge in [0.25, 0.3) is 0 Å². The largest absolute Gasteiger partial charge is 0.493 e. The third-order valence-corrected chi connectivity index (χ3v) is 6.20. The first kappa shape index (κ1) is 16.9. The molecule has 1 aliphatic carbocycles. The van der Waals surface area contributed by atoms with E-state index in [0.29, 0.717) is 0 Å². The minimum Gasteiger partial charge on any atom is -0.493 e. The molecule has 1 saturated heterocycles. The molecule has 1 aromatic rings. The van der Waals surface area contributed by atoms with E-state index in [4.69, 9.17) is 14.2 Å². The molecule has 2 heterocycles. The maximum absolute atomic E-state index is 10.4. The normalized spacial score (nSPS) is 31.4. The molecule has 1 aromatic carbocycles. The van der Waals surface area contributed by atoms with E-state index >= 15 is 0 Å². The van der Waals surface area contributed by atoms with Crippen LogP contribution in [0.5, 0.6) is 11.5 Å². The Morgan fingerprint density at radius 2 is 1.84 bits per heavy atom. The first-order chi connectivity index (χ1) is 12.1. The van der Waals surface area contributed by atoms with Gasteiger partial charge in [-0.1, -0.05) is 6.08 Å². The van der Waals surface area contributed by atoms with Gasteiger partial charge in [-0.3, -0.25) is 4.90 Å². The maximum atomic E-state index is 10.4. The Kier molecular flexibility index (Phi) is 4.26. The lowest BCUT2D eigenvalue weighted by Gasteiger charge is -2.45. The van der Waals surface area contributed by atoms with E-state index in [0.717, 1.165) is 50.3 Å². The van der Waals surface area contributed by atoms with Crippen LogP contribution < -0.4 is 9.47 Å². The number of aliphatic hydroxyl groups excluding tert-OH is 1. The number of nitrogens with zero attached hydrogens (tertiary/aromatic N) is 1. The monoisotopic (exact) mass is 345 g/mol. The van der Waals surface area contributed by atoms with Gasteiger partial charge in [0.1, 0.15) is 0 Å². The minimum atomic E-state index is -0.530. The number of hydrogen-bond donors (Lipinski definition) is 1. The van der Waals surface area contributed by atoms with Crippen LogP contribution >= 0.6 is 0 Å². The molecule has 0 amide bonds. The SMILES string of the molecule is COc1cc2c(cc1OC)[C@@]13C[C@@H](OC)[C@@H](O)C=C1CCN3CCC2. The zero-order valence-corrected chi connectivity index (χ0v) is 15.2. The summed E-state index contributed by atoms with van der Waals surface area (Å²) in [5.41, 5.74) is 3.74. The summed E-state index contributed by atoms with van der Waals surface area (Å²) in [6, 6.07) is 4.28. The highest BCUT2D eigenvalue weighted by Crippen LogP contribution is 2.53. The van der Waals surface area contributed by atoms with Crippen molar-refractivity contribution < 1.29 is 19.3 Å². The third-order valence-electron chi connectivity index (χ3n) is 6.20. The quantitative estimate of drug-likeness (QED) is 0.852. The van der Waals surface area contributed by atoms with Crippen LogP contribution in [0.15, 0.2) is 23.8 Å². The molecule has 5 heteroatoms. The van der Waals surface area contributed by atoms with Crippen LogP contribution in [0.25, 0.3) is 0 Å². The van der Waals surface area contributed by atoms with E-state index in [1.165, 1.54) is 16.7 Å². The van der Waals surface area contributed by atoms with Crippen LogP contribution in [-0.4, -0.2) is 56.6 Å². The van der Waals surface area contributed by atoms with E-state index in [1.54, 1.807) is 21.3 Å². The molecule has 0 saturated carbocycles. The van der Waals surface area contributed by atoms with Crippen molar-refractivity contribution in [3.05, 3.63) is 34.9 Å². The topological polar surface area (TPSA) is 51.2 Å². The minimum absolute atomic E-state index is 0.189. The fraction of sp³-hybridized carbons (Fsp3) is 0.600. The second-order valence-electron chi connectivity index (χ2n) is 7.23. The smallest absolute Gasteiger partial charge is 0.161 e. The third kappa shape index (κ3) is 2.40. The van der Waals surface area contributed by atoms with Gasteiger partial charge in [0.05, 0.1) is 32.0 Å². The van der Waals surface area contributed by atoms with Crippen molar-refractivity contribution in [2.75, 3.05) is 34.4 Å². The predicted molar refractivity (Wildman–Crippen MR) is 95.2 cm³/mol. The number of rotatable bonds is 3. The summed E-state index contributed by atoms with van der Waals surface area (Å²) in [6.45, 7) is 2.09. The fourth-order valence-electron chi connectivity index (χ4n) is 5.01. The van der Waals surface area contributed by atoms with Gasteiger partial charge < -0.3 is 19.3 Å². The summed E-state index contributed by atoms with van der Waals surface area (Å²) >= 11 is 0. The number of fused-ring (bicyclic) bond motifs is 1. The van der Waals surface area contributed by atoms with Crippen LogP contribution in [-0.2, 0) is 16.7 Å². The summed E-state index contributed by atoms with van der Waals surface area (Å²) in [6.07, 6.45) is 5.24. The summed E-state index contributed by atoms with van der Waals surface area (Å²) in [5, 5.41) is 10.4. The lowest BCUT2D eigenvalue weighted by molar-refractivity contribution is -0.0318. The highest BCUT2D eigenvalue weighted by Gasteiger charge is 2.52. The lowest BCUT2D eigenvalue weighted by Crippen LogP contribution is -2.49. The van der Waals surface area contributed by atoms with Crippen molar-refractivity contribution in [2.45, 2.75) is 43.4 Å². The zero-order chi connectivity index (χ0) is 17.6. The Morgan fingerprint density at radius 3 is 2.56 bits per heavy atom. The lowest BCUT2D eigenvalue weighted by atomic mass is 9.72. The Morgan fingerprint density at radius 1 is 1.08 bits per heavy atom. The molecule has 5 nitrogen and oxygen atoms in total. The van der Waals surface area contributed by atoms with Crippen LogP contribution in [0, 0.1) is 0 Å². The van der Waals surface area contributed by atoms with E-state index in [9.17, 15) is 5.11 Å². The number of hydrogen-bond acceptors (Lipinski definition) is 5. The average Bonchev–Trinajstić information content (AvgIpc) is 2.91. The van der Waals surface area contributed by atoms with Crippen LogP contribution in [0.2, 0.25) is 0 Å². The molecule has 2 aliphatic heterocycles. The number of methoxy groups -OCH3 is 3. The van der Waals surface area contributed by atoms with Gasteiger partial charge >= 0.3 is 0 Å². The highest BCUT2D eigenvalue weighted by molar-refractivity contribution is 5.54. The van der Waals surface area contributed by atoms with Crippen molar-refractivity contribution in [1.82, 2.24) is 4.90 Å². The van der Waals surface area contributed by atoms with Crippen LogP contribution in [0.4, 0.5) is 0 Å². The van der Waals surface area contributed by atoms with E-state index in [-0.39, 0.29) is 11.6 Å². The second kappa shape index (κ2) is 6.31. The molecule has 3 atom stereocenters. The van der Waals surface area contributed by atoms with Gasteiger partial charge in [0.15, 0.2) is 11.5 Å². The molecule has 25 heavy (non-hydrogen) atoms. The summed E-state index contributed by atoms with van der Waals surface area (Å²) in [4.78, 5) is 2.58. The number of aliphatic hydroxyl groups is 1. The fourth-order valence-corrected chi connectivity index (χ4v) is 5.01. The molecule has 1 N–H and O–H groups in total. The van der Waals surface area contributed by atoms with Crippen molar-refractivity contribution in [3.63, 3.8) is 0 Å². The van der Waals surface area contributed by atoms with Crippen molar-refractivity contribution >= 4 is 0 Å². The van der Waals surface area contributed by atoms with Gasteiger partial charge in [-0.05, 0) is 54.6 Å². The maximum Gasteiger partial charge on any atom is 0.161 e. The van der Waals surface area contributed by atoms with E-state index < -0.39 is 6.10 Å². The summed E-state index contributed by atoms with van der Waals surface area (Å²) in [5.74, 6) is 1.55. The van der Waals surface area contributed by atoms with E-state index in [2.05, 4.69) is 17.0 Å². The van der Waals surface area contributed by atoms with Gasteiger partial charge in [-0.15, -0.1) is 0 Å². The Labute approximate surface area is 149 Å². The standard InChI is InChI=1S/C20H27NO4/c1-23-17-9-13-5-4-7-21-8-6-14-10-16(22)19(25-3)12-20(14,21)15(13)11-18(17)24-2/h9-11,16,19,22H,4-8,12H2,1-3H3/t16-,19+,20+/m0/s1. The molecule has 0 aromatic heterocycles. The molecule has 136 valence electrons. The molecule has 3 aliphatic rings. The molecule has 1 spiro atoms. The first-order valence-corrected chi connectivity index (χ1v) is 9.06. The Bertz CT molecular complexity index is 701. The van der Waals surface area contributed by atoms with Gasteiger partial charge in [-0.2, -0.15) is 0 Å².